The van der Waals surface area contributed by atoms with Crippen molar-refractivity contribution in [3.63, 3.8) is 0 Å². The number of aliphatic hydroxyl groups is 1. The van der Waals surface area contributed by atoms with Gasteiger partial charge >= 0.3 is 6.61 Å². The average Bonchev–Trinajstić information content (AvgIpc) is 3.02. The molecule has 2 aromatic rings. The van der Waals surface area contributed by atoms with Crippen molar-refractivity contribution in [3.8, 4) is 16.2 Å². The van der Waals surface area contributed by atoms with Crippen LogP contribution in [-0.4, -0.2) is 42.2 Å². The summed E-state index contributed by atoms with van der Waals surface area (Å²) in [6.07, 6.45) is 0. The molecule has 1 aromatic heterocycles. The molecule has 124 valence electrons. The lowest BCUT2D eigenvalue weighted by Crippen LogP contribution is -2.36. The van der Waals surface area contributed by atoms with Crippen LogP contribution in [0.3, 0.4) is 0 Å². The third kappa shape index (κ3) is 4.27. The van der Waals surface area contributed by atoms with Crippen molar-refractivity contribution >= 4 is 17.2 Å². The summed E-state index contributed by atoms with van der Waals surface area (Å²) in [7, 11) is 1.64. The summed E-state index contributed by atoms with van der Waals surface area (Å²) < 4.78 is 28.6. The molecule has 0 saturated carbocycles. The Kier molecular flexibility index (Phi) is 5.68. The highest BCUT2D eigenvalue weighted by molar-refractivity contribution is 7.17. The molecule has 0 bridgehead atoms. The van der Waals surface area contributed by atoms with E-state index in [1.165, 1.54) is 28.4 Å². The summed E-state index contributed by atoms with van der Waals surface area (Å²) in [6, 6.07) is 9.50. The fourth-order valence-electron chi connectivity index (χ4n) is 1.91. The number of benzene rings is 1. The number of alkyl halides is 2. The number of thiophene rings is 1. The van der Waals surface area contributed by atoms with Gasteiger partial charge in [-0.2, -0.15) is 8.78 Å². The van der Waals surface area contributed by atoms with E-state index >= 15 is 0 Å². The molecular formula is C16H17F2NO3S. The van der Waals surface area contributed by atoms with Crippen LogP contribution in [0.4, 0.5) is 8.78 Å². The standard InChI is InChI=1S/C16H17F2NO3S/c1-10(9-20)19(2)15(21)14-8-7-13(23-14)11-3-5-12(6-4-11)22-16(17)18/h3-8,10,16,20H,9H2,1-2H3. The van der Waals surface area contributed by atoms with Crippen molar-refractivity contribution in [2.24, 2.45) is 0 Å². The quantitative estimate of drug-likeness (QED) is 0.875. The predicted molar refractivity (Wildman–Crippen MR) is 85.0 cm³/mol. The minimum atomic E-state index is -2.85. The van der Waals surface area contributed by atoms with E-state index in [4.69, 9.17) is 5.11 Å². The van der Waals surface area contributed by atoms with Crippen LogP contribution in [0.1, 0.15) is 16.6 Å². The Morgan fingerprint density at radius 3 is 2.48 bits per heavy atom. The number of carbonyl (C=O) groups is 1. The maximum atomic E-state index is 12.3. The predicted octanol–water partition coefficient (Wildman–Crippen LogP) is 3.47. The summed E-state index contributed by atoms with van der Waals surface area (Å²) in [6.45, 7) is -1.20. The molecule has 1 aromatic carbocycles. The van der Waals surface area contributed by atoms with Crippen molar-refractivity contribution < 1.29 is 23.4 Å². The minimum absolute atomic E-state index is 0.0908. The summed E-state index contributed by atoms with van der Waals surface area (Å²) in [4.78, 5) is 15.2. The lowest BCUT2D eigenvalue weighted by Gasteiger charge is -2.22. The maximum Gasteiger partial charge on any atom is 0.387 e. The van der Waals surface area contributed by atoms with E-state index < -0.39 is 6.61 Å². The van der Waals surface area contributed by atoms with E-state index in [0.29, 0.717) is 4.88 Å². The van der Waals surface area contributed by atoms with Crippen molar-refractivity contribution in [1.82, 2.24) is 4.90 Å². The number of rotatable bonds is 6. The van der Waals surface area contributed by atoms with Crippen LogP contribution in [0, 0.1) is 0 Å². The van der Waals surface area contributed by atoms with Gasteiger partial charge in [0.05, 0.1) is 17.5 Å². The first-order valence-electron chi connectivity index (χ1n) is 6.95. The van der Waals surface area contributed by atoms with Crippen LogP contribution >= 0.6 is 11.3 Å². The second-order valence-corrected chi connectivity index (χ2v) is 6.10. The Balaban J connectivity index is 2.14. The van der Waals surface area contributed by atoms with Gasteiger partial charge in [0, 0.05) is 11.9 Å². The highest BCUT2D eigenvalue weighted by Crippen LogP contribution is 2.30. The smallest absolute Gasteiger partial charge is 0.387 e. The molecule has 23 heavy (non-hydrogen) atoms. The third-order valence-electron chi connectivity index (χ3n) is 3.43. The van der Waals surface area contributed by atoms with Crippen LogP contribution < -0.4 is 4.74 Å². The van der Waals surface area contributed by atoms with Crippen molar-refractivity contribution in [2.45, 2.75) is 19.6 Å². The van der Waals surface area contributed by atoms with Gasteiger partial charge in [0.2, 0.25) is 0 Å². The maximum absolute atomic E-state index is 12.3. The van der Waals surface area contributed by atoms with Gasteiger partial charge in [-0.05, 0) is 48.9 Å². The highest BCUT2D eigenvalue weighted by Gasteiger charge is 2.18. The lowest BCUT2D eigenvalue weighted by molar-refractivity contribution is -0.0498. The monoisotopic (exact) mass is 341 g/mol. The molecule has 0 spiro atoms. The molecule has 0 aliphatic carbocycles. The molecule has 1 atom stereocenters. The number of nitrogens with zero attached hydrogens (tertiary/aromatic N) is 1. The molecule has 4 nitrogen and oxygen atoms in total. The topological polar surface area (TPSA) is 49.8 Å². The minimum Gasteiger partial charge on any atom is -0.435 e. The molecule has 1 N–H and O–H groups in total. The zero-order valence-corrected chi connectivity index (χ0v) is 13.5. The first-order chi connectivity index (χ1) is 10.9. The largest absolute Gasteiger partial charge is 0.435 e. The van der Waals surface area contributed by atoms with Crippen molar-refractivity contribution in [3.05, 3.63) is 41.3 Å². The first-order valence-corrected chi connectivity index (χ1v) is 7.77. The van der Waals surface area contributed by atoms with Crippen LogP contribution in [0.15, 0.2) is 36.4 Å². The molecule has 1 amide bonds. The number of ether oxygens (including phenoxy) is 1. The number of halogens is 2. The zero-order valence-electron chi connectivity index (χ0n) is 12.7. The van der Waals surface area contributed by atoms with Gasteiger partial charge in [0.25, 0.3) is 5.91 Å². The summed E-state index contributed by atoms with van der Waals surface area (Å²) >= 11 is 1.31. The number of likely N-dealkylation sites (N-methyl/N-ethyl adjacent to an activating group) is 1. The fraction of sp³-hybridized carbons (Fsp3) is 0.312. The van der Waals surface area contributed by atoms with Crippen LogP contribution in [0.25, 0.3) is 10.4 Å². The zero-order chi connectivity index (χ0) is 17.0. The number of carbonyl (C=O) groups excluding carboxylic acids is 1. The van der Waals surface area contributed by atoms with Gasteiger partial charge in [0.15, 0.2) is 0 Å². The van der Waals surface area contributed by atoms with E-state index in [0.717, 1.165) is 10.4 Å². The molecule has 0 radical (unpaired) electrons. The van der Waals surface area contributed by atoms with E-state index in [9.17, 15) is 13.6 Å². The Labute approximate surface area is 136 Å². The Morgan fingerprint density at radius 1 is 1.26 bits per heavy atom. The van der Waals surface area contributed by atoms with Crippen LogP contribution in [-0.2, 0) is 0 Å². The molecule has 1 heterocycles. The Morgan fingerprint density at radius 2 is 1.91 bits per heavy atom. The van der Waals surface area contributed by atoms with Gasteiger partial charge < -0.3 is 14.7 Å². The number of aliphatic hydroxyl groups excluding tert-OH is 1. The average molecular weight is 341 g/mol. The molecule has 0 fully saturated rings. The fourth-order valence-corrected chi connectivity index (χ4v) is 2.90. The third-order valence-corrected chi connectivity index (χ3v) is 4.55. The van der Waals surface area contributed by atoms with Crippen LogP contribution in [0.5, 0.6) is 5.75 Å². The molecule has 0 aliphatic heterocycles. The SMILES string of the molecule is CC(CO)N(C)C(=O)c1ccc(-c2ccc(OC(F)F)cc2)s1. The van der Waals surface area contributed by atoms with Gasteiger partial charge in [-0.1, -0.05) is 0 Å². The molecule has 0 saturated heterocycles. The molecular weight excluding hydrogens is 324 g/mol. The lowest BCUT2D eigenvalue weighted by atomic mass is 10.2. The second kappa shape index (κ2) is 7.52. The van der Waals surface area contributed by atoms with E-state index in [1.807, 2.05) is 0 Å². The van der Waals surface area contributed by atoms with Gasteiger partial charge in [0.1, 0.15) is 5.75 Å². The van der Waals surface area contributed by atoms with Crippen LogP contribution in [0.2, 0.25) is 0 Å². The number of amides is 1. The Bertz CT molecular complexity index is 658. The number of hydrogen-bond donors (Lipinski definition) is 1. The van der Waals surface area contributed by atoms with Gasteiger partial charge in [-0.25, -0.2) is 0 Å². The van der Waals surface area contributed by atoms with Crippen molar-refractivity contribution in [1.29, 1.82) is 0 Å². The molecule has 7 heteroatoms. The number of hydrogen-bond acceptors (Lipinski definition) is 4. The molecule has 0 aliphatic rings. The first kappa shape index (κ1) is 17.4. The highest BCUT2D eigenvalue weighted by atomic mass is 32.1. The van der Waals surface area contributed by atoms with E-state index in [2.05, 4.69) is 4.74 Å². The van der Waals surface area contributed by atoms with Crippen molar-refractivity contribution in [2.75, 3.05) is 13.7 Å². The second-order valence-electron chi connectivity index (χ2n) is 5.01. The summed E-state index contributed by atoms with van der Waals surface area (Å²) in [5.41, 5.74) is 0.813. The normalized spacial score (nSPS) is 12.3. The summed E-state index contributed by atoms with van der Waals surface area (Å²) in [5, 5.41) is 9.12. The summed E-state index contributed by atoms with van der Waals surface area (Å²) in [5.74, 6) is -0.0754. The molecule has 1 unspecified atom stereocenters. The van der Waals surface area contributed by atoms with E-state index in [-0.39, 0.29) is 24.3 Å². The molecule has 2 rings (SSSR count). The Hall–Kier alpha value is -1.99. The van der Waals surface area contributed by atoms with E-state index in [1.54, 1.807) is 38.2 Å². The van der Waals surface area contributed by atoms with Gasteiger partial charge in [-0.3, -0.25) is 4.79 Å². The van der Waals surface area contributed by atoms with Gasteiger partial charge in [-0.15, -0.1) is 11.3 Å².